The first-order valence-electron chi connectivity index (χ1n) is 5.56. The molecule has 2 aromatic rings. The van der Waals surface area contributed by atoms with E-state index in [4.69, 9.17) is 0 Å². The summed E-state index contributed by atoms with van der Waals surface area (Å²) >= 11 is 0. The van der Waals surface area contributed by atoms with Gasteiger partial charge in [0.2, 0.25) is 0 Å². The zero-order valence-electron chi connectivity index (χ0n) is 9.90. The Labute approximate surface area is 95.1 Å². The zero-order valence-corrected chi connectivity index (χ0v) is 9.90. The van der Waals surface area contributed by atoms with Gasteiger partial charge in [-0.25, -0.2) is 0 Å². The smallest absolute Gasteiger partial charge is 0.180 e. The van der Waals surface area contributed by atoms with Gasteiger partial charge in [-0.3, -0.25) is 9.48 Å². The predicted octanol–water partition coefficient (Wildman–Crippen LogP) is 2.89. The Bertz CT molecular complexity index is 526. The summed E-state index contributed by atoms with van der Waals surface area (Å²) in [5, 5.41) is 5.35. The molecule has 0 aliphatic heterocycles. The van der Waals surface area contributed by atoms with Gasteiger partial charge >= 0.3 is 0 Å². The molecule has 0 radical (unpaired) electrons. The number of ketones is 1. The first-order chi connectivity index (χ1) is 7.59. The molecule has 0 atom stereocenters. The number of hydrogen-bond acceptors (Lipinski definition) is 2. The van der Waals surface area contributed by atoms with Gasteiger partial charge in [-0.15, -0.1) is 0 Å². The number of hydrogen-bond donors (Lipinski definition) is 0. The Balaban J connectivity index is 2.62. The molecule has 1 aromatic heterocycles. The standard InChI is InChI=1S/C13H16N2O/c1-9(2)8-15-12-7-5-4-6-11(12)13(14-15)10(3)16/h4-7,9H,8H2,1-3H3. The van der Waals surface area contributed by atoms with Gasteiger partial charge in [0.1, 0.15) is 5.69 Å². The van der Waals surface area contributed by atoms with Crippen LogP contribution in [0, 0.1) is 5.92 Å². The van der Waals surface area contributed by atoms with Crippen LogP contribution in [0.5, 0.6) is 0 Å². The molecule has 0 bridgehead atoms. The van der Waals surface area contributed by atoms with E-state index < -0.39 is 0 Å². The van der Waals surface area contributed by atoms with Crippen LogP contribution in [0.2, 0.25) is 0 Å². The molecule has 0 saturated heterocycles. The van der Waals surface area contributed by atoms with Crippen molar-refractivity contribution >= 4 is 16.7 Å². The maximum absolute atomic E-state index is 11.5. The van der Waals surface area contributed by atoms with Crippen LogP contribution in [0.1, 0.15) is 31.3 Å². The van der Waals surface area contributed by atoms with Gasteiger partial charge < -0.3 is 0 Å². The summed E-state index contributed by atoms with van der Waals surface area (Å²) in [6.45, 7) is 6.69. The average Bonchev–Trinajstić information content (AvgIpc) is 2.57. The van der Waals surface area contributed by atoms with E-state index in [1.165, 1.54) is 0 Å². The first-order valence-corrected chi connectivity index (χ1v) is 5.56. The van der Waals surface area contributed by atoms with E-state index in [-0.39, 0.29) is 5.78 Å². The van der Waals surface area contributed by atoms with Crippen LogP contribution < -0.4 is 0 Å². The number of Topliss-reactive ketones (excluding diaryl/α,β-unsaturated/α-hetero) is 1. The van der Waals surface area contributed by atoms with Crippen LogP contribution in [0.3, 0.4) is 0 Å². The average molecular weight is 216 g/mol. The maximum atomic E-state index is 11.5. The highest BCUT2D eigenvalue weighted by Crippen LogP contribution is 2.19. The number of carbonyl (C=O) groups is 1. The third kappa shape index (κ3) is 1.85. The van der Waals surface area contributed by atoms with Gasteiger partial charge in [-0.1, -0.05) is 32.0 Å². The third-order valence-electron chi connectivity index (χ3n) is 2.53. The molecular formula is C13H16N2O. The van der Waals surface area contributed by atoms with Crippen molar-refractivity contribution in [2.75, 3.05) is 0 Å². The normalized spacial score (nSPS) is 11.2. The van der Waals surface area contributed by atoms with Crippen LogP contribution in [0.4, 0.5) is 0 Å². The monoisotopic (exact) mass is 216 g/mol. The molecule has 16 heavy (non-hydrogen) atoms. The predicted molar refractivity (Wildman–Crippen MR) is 64.6 cm³/mol. The molecule has 0 amide bonds. The lowest BCUT2D eigenvalue weighted by Gasteiger charge is -2.05. The summed E-state index contributed by atoms with van der Waals surface area (Å²) in [6.07, 6.45) is 0. The van der Waals surface area contributed by atoms with Crippen molar-refractivity contribution in [2.24, 2.45) is 5.92 Å². The van der Waals surface area contributed by atoms with Crippen molar-refractivity contribution in [3.05, 3.63) is 30.0 Å². The van der Waals surface area contributed by atoms with Crippen LogP contribution in [0.25, 0.3) is 10.9 Å². The molecule has 3 heteroatoms. The van der Waals surface area contributed by atoms with Crippen LogP contribution in [-0.2, 0) is 6.54 Å². The lowest BCUT2D eigenvalue weighted by molar-refractivity contribution is 0.101. The Hall–Kier alpha value is -1.64. The van der Waals surface area contributed by atoms with Gasteiger partial charge in [0.05, 0.1) is 5.52 Å². The summed E-state index contributed by atoms with van der Waals surface area (Å²) in [4.78, 5) is 11.5. The van der Waals surface area contributed by atoms with Gasteiger partial charge in [-0.2, -0.15) is 5.10 Å². The second-order valence-electron chi connectivity index (χ2n) is 4.50. The number of carbonyl (C=O) groups excluding carboxylic acids is 1. The topological polar surface area (TPSA) is 34.9 Å². The van der Waals surface area contributed by atoms with Gasteiger partial charge in [0, 0.05) is 18.9 Å². The van der Waals surface area contributed by atoms with Gasteiger partial charge in [0.25, 0.3) is 0 Å². The second-order valence-corrected chi connectivity index (χ2v) is 4.50. The number of aromatic nitrogens is 2. The third-order valence-corrected chi connectivity index (χ3v) is 2.53. The Morgan fingerprint density at radius 1 is 1.38 bits per heavy atom. The van der Waals surface area contributed by atoms with E-state index in [9.17, 15) is 4.79 Å². The number of fused-ring (bicyclic) bond motifs is 1. The van der Waals surface area contributed by atoms with Crippen LogP contribution in [0.15, 0.2) is 24.3 Å². The van der Waals surface area contributed by atoms with E-state index in [1.54, 1.807) is 6.92 Å². The molecule has 2 rings (SSSR count). The molecule has 84 valence electrons. The number of nitrogens with zero attached hydrogens (tertiary/aromatic N) is 2. The first kappa shape index (κ1) is 10.9. The quantitative estimate of drug-likeness (QED) is 0.739. The van der Waals surface area contributed by atoms with Crippen molar-refractivity contribution in [1.29, 1.82) is 0 Å². The summed E-state index contributed by atoms with van der Waals surface area (Å²) in [5.41, 5.74) is 1.62. The van der Waals surface area contributed by atoms with Crippen molar-refractivity contribution in [3.8, 4) is 0 Å². The van der Waals surface area contributed by atoms with E-state index in [0.29, 0.717) is 11.6 Å². The minimum absolute atomic E-state index is 0.0266. The van der Waals surface area contributed by atoms with Gasteiger partial charge in [-0.05, 0) is 12.0 Å². The van der Waals surface area contributed by atoms with E-state index >= 15 is 0 Å². The Kier molecular flexibility index (Phi) is 2.77. The number of benzene rings is 1. The Morgan fingerprint density at radius 2 is 2.06 bits per heavy atom. The molecule has 0 aliphatic carbocycles. The van der Waals surface area contributed by atoms with E-state index in [0.717, 1.165) is 17.4 Å². The molecule has 0 aliphatic rings. The fourth-order valence-corrected chi connectivity index (χ4v) is 1.87. The highest BCUT2D eigenvalue weighted by Gasteiger charge is 2.13. The van der Waals surface area contributed by atoms with Crippen molar-refractivity contribution < 1.29 is 4.79 Å². The van der Waals surface area contributed by atoms with Crippen molar-refractivity contribution in [2.45, 2.75) is 27.3 Å². The largest absolute Gasteiger partial charge is 0.293 e. The number of rotatable bonds is 3. The summed E-state index contributed by atoms with van der Waals surface area (Å²) < 4.78 is 1.93. The van der Waals surface area contributed by atoms with Crippen LogP contribution in [-0.4, -0.2) is 15.6 Å². The molecule has 3 nitrogen and oxygen atoms in total. The summed E-state index contributed by atoms with van der Waals surface area (Å²) in [6, 6.07) is 7.88. The molecule has 0 fully saturated rings. The van der Waals surface area contributed by atoms with E-state index in [2.05, 4.69) is 18.9 Å². The lowest BCUT2D eigenvalue weighted by atomic mass is 10.1. The molecular weight excluding hydrogens is 200 g/mol. The minimum Gasteiger partial charge on any atom is -0.293 e. The zero-order chi connectivity index (χ0) is 11.7. The fraction of sp³-hybridized carbons (Fsp3) is 0.385. The van der Waals surface area contributed by atoms with Crippen LogP contribution >= 0.6 is 0 Å². The molecule has 0 spiro atoms. The molecule has 0 unspecified atom stereocenters. The van der Waals surface area contributed by atoms with Crippen molar-refractivity contribution in [1.82, 2.24) is 9.78 Å². The van der Waals surface area contributed by atoms with Crippen molar-refractivity contribution in [3.63, 3.8) is 0 Å². The lowest BCUT2D eigenvalue weighted by Crippen LogP contribution is -2.06. The maximum Gasteiger partial charge on any atom is 0.180 e. The SMILES string of the molecule is CC(=O)c1nn(CC(C)C)c2ccccc12. The fourth-order valence-electron chi connectivity index (χ4n) is 1.87. The second kappa shape index (κ2) is 4.08. The molecule has 1 heterocycles. The highest BCUT2D eigenvalue weighted by atomic mass is 16.1. The molecule has 1 aromatic carbocycles. The highest BCUT2D eigenvalue weighted by molar-refractivity contribution is 6.04. The minimum atomic E-state index is 0.0266. The summed E-state index contributed by atoms with van der Waals surface area (Å²) in [5.74, 6) is 0.543. The molecule has 0 saturated carbocycles. The number of para-hydroxylation sites is 1. The summed E-state index contributed by atoms with van der Waals surface area (Å²) in [7, 11) is 0. The van der Waals surface area contributed by atoms with Gasteiger partial charge in [0.15, 0.2) is 5.78 Å². The Morgan fingerprint density at radius 3 is 2.69 bits per heavy atom. The molecule has 0 N–H and O–H groups in total. The van der Waals surface area contributed by atoms with E-state index in [1.807, 2.05) is 28.9 Å².